The normalized spacial score (nSPS) is 13.8. The topological polar surface area (TPSA) is 59.1 Å². The second-order valence-corrected chi connectivity index (χ2v) is 7.67. The largest absolute Gasteiger partial charge is 0.497 e. The Hall–Kier alpha value is -3.02. The van der Waals surface area contributed by atoms with Crippen LogP contribution in [0, 0.1) is 13.8 Å². The number of piperazine rings is 1. The second-order valence-electron chi connectivity index (χ2n) is 7.67. The highest BCUT2D eigenvalue weighted by molar-refractivity contribution is 5.79. The highest BCUT2D eigenvalue weighted by Gasteiger charge is 2.24. The van der Waals surface area contributed by atoms with Crippen molar-refractivity contribution in [2.24, 2.45) is 0 Å². The smallest absolute Gasteiger partial charge is 0.260 e. The van der Waals surface area contributed by atoms with Gasteiger partial charge in [-0.05, 0) is 49.6 Å². The van der Waals surface area contributed by atoms with Crippen molar-refractivity contribution in [1.29, 1.82) is 0 Å². The van der Waals surface area contributed by atoms with E-state index in [0.717, 1.165) is 22.6 Å². The Labute approximate surface area is 178 Å². The minimum atomic E-state index is -0.0414. The number of amides is 2. The monoisotopic (exact) mass is 410 g/mol. The predicted molar refractivity (Wildman–Crippen MR) is 116 cm³/mol. The number of carbonyl (C=O) groups is 2. The van der Waals surface area contributed by atoms with Gasteiger partial charge >= 0.3 is 0 Å². The quantitative estimate of drug-likeness (QED) is 0.704. The first-order valence-corrected chi connectivity index (χ1v) is 10.3. The molecule has 6 nitrogen and oxygen atoms in total. The average molecular weight is 411 g/mol. The zero-order chi connectivity index (χ0) is 21.5. The first-order valence-electron chi connectivity index (χ1n) is 10.3. The number of rotatable bonds is 7. The molecule has 0 bridgehead atoms. The van der Waals surface area contributed by atoms with Gasteiger partial charge < -0.3 is 19.3 Å². The van der Waals surface area contributed by atoms with Gasteiger partial charge in [0.05, 0.1) is 7.11 Å². The summed E-state index contributed by atoms with van der Waals surface area (Å²) in [5.74, 6) is 1.64. The molecule has 1 saturated heterocycles. The molecule has 2 amide bonds. The van der Waals surface area contributed by atoms with E-state index in [0.29, 0.717) is 39.0 Å². The first kappa shape index (κ1) is 21.7. The minimum absolute atomic E-state index is 0.0231. The third-order valence-electron chi connectivity index (χ3n) is 5.45. The molecule has 1 fully saturated rings. The summed E-state index contributed by atoms with van der Waals surface area (Å²) in [6, 6.07) is 13.7. The lowest BCUT2D eigenvalue weighted by Gasteiger charge is -2.34. The summed E-state index contributed by atoms with van der Waals surface area (Å²) >= 11 is 0. The Bertz CT molecular complexity index is 871. The van der Waals surface area contributed by atoms with Gasteiger partial charge in [-0.15, -0.1) is 0 Å². The van der Waals surface area contributed by atoms with Gasteiger partial charge in [0.2, 0.25) is 5.91 Å². The van der Waals surface area contributed by atoms with Crippen LogP contribution in [0.15, 0.2) is 42.5 Å². The summed E-state index contributed by atoms with van der Waals surface area (Å²) in [5, 5.41) is 0. The van der Waals surface area contributed by atoms with Gasteiger partial charge in [-0.25, -0.2) is 0 Å². The van der Waals surface area contributed by atoms with E-state index >= 15 is 0 Å². The molecule has 30 heavy (non-hydrogen) atoms. The van der Waals surface area contributed by atoms with Crippen LogP contribution >= 0.6 is 0 Å². The van der Waals surface area contributed by atoms with Crippen LogP contribution in [0.5, 0.6) is 11.5 Å². The fraction of sp³-hybridized carbons (Fsp3) is 0.417. The number of ether oxygens (including phenoxy) is 2. The lowest BCUT2D eigenvalue weighted by atomic mass is 10.1. The van der Waals surface area contributed by atoms with Gasteiger partial charge in [0, 0.05) is 32.6 Å². The lowest BCUT2D eigenvalue weighted by Crippen LogP contribution is -2.51. The van der Waals surface area contributed by atoms with Gasteiger partial charge in [-0.2, -0.15) is 0 Å². The molecule has 0 unspecified atom stereocenters. The van der Waals surface area contributed by atoms with Gasteiger partial charge in [0.1, 0.15) is 11.5 Å². The maximum Gasteiger partial charge on any atom is 0.260 e. The Morgan fingerprint density at radius 3 is 2.13 bits per heavy atom. The number of nitrogens with zero attached hydrogens (tertiary/aromatic N) is 2. The lowest BCUT2D eigenvalue weighted by molar-refractivity contribution is -0.140. The third kappa shape index (κ3) is 5.75. The standard InChI is InChI=1S/C24H30N2O4/c1-18-4-10-22(19(2)16-18)30-17-24(28)26-14-12-25(13-15-26)23(27)11-7-20-5-8-21(29-3)9-6-20/h4-6,8-10,16H,7,11-15,17H2,1-3H3. The van der Waals surface area contributed by atoms with Gasteiger partial charge in [-0.3, -0.25) is 9.59 Å². The van der Waals surface area contributed by atoms with Crippen LogP contribution in [-0.2, 0) is 16.0 Å². The molecule has 0 N–H and O–H groups in total. The number of aryl methyl sites for hydroxylation is 3. The molecule has 0 aromatic heterocycles. The molecule has 160 valence electrons. The van der Waals surface area contributed by atoms with Crippen LogP contribution in [0.2, 0.25) is 0 Å². The van der Waals surface area contributed by atoms with E-state index in [2.05, 4.69) is 0 Å². The first-order chi connectivity index (χ1) is 14.5. The SMILES string of the molecule is COc1ccc(CCC(=O)N2CCN(C(=O)COc3ccc(C)cc3C)CC2)cc1. The fourth-order valence-electron chi connectivity index (χ4n) is 3.60. The molecule has 6 heteroatoms. The van der Waals surface area contributed by atoms with E-state index < -0.39 is 0 Å². The molecule has 0 saturated carbocycles. The molecule has 1 aliphatic heterocycles. The van der Waals surface area contributed by atoms with Crippen molar-refractivity contribution >= 4 is 11.8 Å². The van der Waals surface area contributed by atoms with Crippen LogP contribution in [0.3, 0.4) is 0 Å². The zero-order valence-corrected chi connectivity index (χ0v) is 18.0. The minimum Gasteiger partial charge on any atom is -0.497 e. The Morgan fingerprint density at radius 2 is 1.53 bits per heavy atom. The molecule has 2 aromatic rings. The Kier molecular flexibility index (Phi) is 7.33. The van der Waals surface area contributed by atoms with Crippen LogP contribution in [0.25, 0.3) is 0 Å². The maximum atomic E-state index is 12.5. The average Bonchev–Trinajstić information content (AvgIpc) is 2.77. The van der Waals surface area contributed by atoms with Gasteiger partial charge in [0.25, 0.3) is 5.91 Å². The number of carbonyl (C=O) groups excluding carboxylic acids is 2. The van der Waals surface area contributed by atoms with Crippen LogP contribution in [-0.4, -0.2) is 61.5 Å². The molecule has 0 radical (unpaired) electrons. The van der Waals surface area contributed by atoms with Crippen molar-refractivity contribution in [3.05, 3.63) is 59.2 Å². The molecular formula is C24H30N2O4. The number of benzene rings is 2. The molecule has 2 aromatic carbocycles. The summed E-state index contributed by atoms with van der Waals surface area (Å²) < 4.78 is 10.9. The van der Waals surface area contributed by atoms with Crippen LogP contribution in [0.1, 0.15) is 23.1 Å². The van der Waals surface area contributed by atoms with Crippen molar-refractivity contribution in [2.45, 2.75) is 26.7 Å². The fourth-order valence-corrected chi connectivity index (χ4v) is 3.60. The molecule has 0 spiro atoms. The Balaban J connectivity index is 1.40. The van der Waals surface area contributed by atoms with E-state index in [4.69, 9.17) is 9.47 Å². The molecule has 1 aliphatic rings. The number of hydrogen-bond donors (Lipinski definition) is 0. The number of hydrogen-bond acceptors (Lipinski definition) is 4. The second kappa shape index (κ2) is 10.1. The van der Waals surface area contributed by atoms with Crippen LogP contribution < -0.4 is 9.47 Å². The summed E-state index contributed by atoms with van der Waals surface area (Å²) in [4.78, 5) is 28.6. The van der Waals surface area contributed by atoms with Crippen LogP contribution in [0.4, 0.5) is 0 Å². The van der Waals surface area contributed by atoms with Gasteiger partial charge in [-0.1, -0.05) is 29.8 Å². The van der Waals surface area contributed by atoms with Crippen molar-refractivity contribution in [3.63, 3.8) is 0 Å². The molecule has 1 heterocycles. The van der Waals surface area contributed by atoms with Crippen molar-refractivity contribution in [2.75, 3.05) is 39.9 Å². The highest BCUT2D eigenvalue weighted by atomic mass is 16.5. The molecule has 0 aliphatic carbocycles. The van der Waals surface area contributed by atoms with Gasteiger partial charge in [0.15, 0.2) is 6.61 Å². The van der Waals surface area contributed by atoms with E-state index in [1.54, 1.807) is 12.0 Å². The van der Waals surface area contributed by atoms with Crippen molar-refractivity contribution in [1.82, 2.24) is 9.80 Å². The van der Waals surface area contributed by atoms with E-state index in [-0.39, 0.29) is 18.4 Å². The number of methoxy groups -OCH3 is 1. The summed E-state index contributed by atoms with van der Waals surface area (Å²) in [6.07, 6.45) is 1.17. The molecular weight excluding hydrogens is 380 g/mol. The Morgan fingerprint density at radius 1 is 0.900 bits per heavy atom. The van der Waals surface area contributed by atoms with E-state index in [9.17, 15) is 9.59 Å². The van der Waals surface area contributed by atoms with Crippen molar-refractivity contribution < 1.29 is 19.1 Å². The summed E-state index contributed by atoms with van der Waals surface area (Å²) in [5.41, 5.74) is 3.30. The van der Waals surface area contributed by atoms with Crippen molar-refractivity contribution in [3.8, 4) is 11.5 Å². The summed E-state index contributed by atoms with van der Waals surface area (Å²) in [7, 11) is 1.64. The molecule has 3 rings (SSSR count). The summed E-state index contributed by atoms with van der Waals surface area (Å²) in [6.45, 7) is 6.25. The highest BCUT2D eigenvalue weighted by Crippen LogP contribution is 2.19. The molecule has 0 atom stereocenters. The zero-order valence-electron chi connectivity index (χ0n) is 18.0. The predicted octanol–water partition coefficient (Wildman–Crippen LogP) is 2.99. The van der Waals surface area contributed by atoms with E-state index in [1.807, 2.05) is 61.2 Å². The third-order valence-corrected chi connectivity index (χ3v) is 5.45. The van der Waals surface area contributed by atoms with E-state index in [1.165, 1.54) is 5.56 Å². The maximum absolute atomic E-state index is 12.5.